The maximum Gasteiger partial charge on any atom is 0.407 e. The van der Waals surface area contributed by atoms with Crippen molar-refractivity contribution < 1.29 is 32.3 Å². The standard InChI is InChI=1S/C30H36F3N3O4/c1-28(2,3)40-27(39)35-20-14-17-36(18-15-20)25(37)13-8-16-29(26(38)34-19-30(31,32)33)23-11-6-4-9-21(23)22-10-5-7-12-24(22)29/h4-7,9-12,20H,8,13-19H2,1-3H3,(H,34,38)(H,35,39). The van der Waals surface area contributed by atoms with E-state index in [9.17, 15) is 27.6 Å². The second-order valence-corrected chi connectivity index (χ2v) is 11.4. The van der Waals surface area contributed by atoms with E-state index in [4.69, 9.17) is 4.74 Å². The van der Waals surface area contributed by atoms with Crippen molar-refractivity contribution in [3.63, 3.8) is 0 Å². The molecular formula is C30H36F3N3O4. The molecule has 1 saturated heterocycles. The number of fused-ring (bicyclic) bond motifs is 3. The number of halogens is 3. The molecule has 2 aromatic carbocycles. The number of alkyl carbamates (subject to hydrolysis) is 1. The van der Waals surface area contributed by atoms with E-state index < -0.39 is 35.7 Å². The van der Waals surface area contributed by atoms with Gasteiger partial charge >= 0.3 is 12.3 Å². The Morgan fingerprint density at radius 2 is 1.50 bits per heavy atom. The summed E-state index contributed by atoms with van der Waals surface area (Å²) in [6, 6.07) is 14.4. The lowest BCUT2D eigenvalue weighted by Gasteiger charge is -2.34. The first-order valence-corrected chi connectivity index (χ1v) is 13.6. The molecule has 0 unspecified atom stereocenters. The van der Waals surface area contributed by atoms with Crippen LogP contribution in [-0.4, -0.2) is 60.3 Å². The topological polar surface area (TPSA) is 87.7 Å². The van der Waals surface area contributed by atoms with Gasteiger partial charge < -0.3 is 20.3 Å². The van der Waals surface area contributed by atoms with E-state index in [1.807, 2.05) is 24.3 Å². The smallest absolute Gasteiger partial charge is 0.407 e. The SMILES string of the molecule is CC(C)(C)OC(=O)NC1CCN(C(=O)CCCC2(C(=O)NCC(F)(F)F)c3ccccc3-c3ccccc32)CC1. The van der Waals surface area contributed by atoms with Gasteiger partial charge in [-0.2, -0.15) is 13.2 Å². The molecule has 2 N–H and O–H groups in total. The fourth-order valence-electron chi connectivity index (χ4n) is 5.69. The number of likely N-dealkylation sites (tertiary alicyclic amines) is 1. The predicted molar refractivity (Wildman–Crippen MR) is 145 cm³/mol. The van der Waals surface area contributed by atoms with Crippen LogP contribution >= 0.6 is 0 Å². The Bertz CT molecular complexity index is 1200. The van der Waals surface area contributed by atoms with Crippen LogP contribution in [0.5, 0.6) is 0 Å². The van der Waals surface area contributed by atoms with Gasteiger partial charge in [0.25, 0.3) is 0 Å². The van der Waals surface area contributed by atoms with Crippen LogP contribution in [-0.2, 0) is 19.7 Å². The average Bonchev–Trinajstić information content (AvgIpc) is 3.17. The first kappa shape index (κ1) is 29.4. The third kappa shape index (κ3) is 6.59. The molecule has 1 fully saturated rings. The lowest BCUT2D eigenvalue weighted by Crippen LogP contribution is -2.48. The zero-order valence-corrected chi connectivity index (χ0v) is 23.1. The Kier molecular flexibility index (Phi) is 8.46. The van der Waals surface area contributed by atoms with Crippen molar-refractivity contribution in [2.75, 3.05) is 19.6 Å². The summed E-state index contributed by atoms with van der Waals surface area (Å²) in [5, 5.41) is 4.97. The van der Waals surface area contributed by atoms with Crippen molar-refractivity contribution >= 4 is 17.9 Å². The molecule has 216 valence electrons. The second-order valence-electron chi connectivity index (χ2n) is 11.4. The molecule has 4 rings (SSSR count). The van der Waals surface area contributed by atoms with Crippen molar-refractivity contribution in [2.45, 2.75) is 76.1 Å². The summed E-state index contributed by atoms with van der Waals surface area (Å²) in [6.45, 7) is 4.90. The van der Waals surface area contributed by atoms with Crippen LogP contribution in [0.25, 0.3) is 11.1 Å². The summed E-state index contributed by atoms with van der Waals surface area (Å²) in [4.78, 5) is 40.5. The second kappa shape index (κ2) is 11.5. The monoisotopic (exact) mass is 559 g/mol. The molecule has 0 saturated carbocycles. The molecule has 0 bridgehead atoms. The zero-order chi connectivity index (χ0) is 29.1. The summed E-state index contributed by atoms with van der Waals surface area (Å²) in [6.07, 6.45) is -3.18. The molecule has 2 aliphatic rings. The van der Waals surface area contributed by atoms with Crippen LogP contribution in [0.15, 0.2) is 48.5 Å². The number of nitrogens with zero attached hydrogens (tertiary/aromatic N) is 1. The number of ether oxygens (including phenoxy) is 1. The van der Waals surface area contributed by atoms with Crippen molar-refractivity contribution in [3.05, 3.63) is 59.7 Å². The molecule has 7 nitrogen and oxygen atoms in total. The van der Waals surface area contributed by atoms with Crippen LogP contribution in [0.1, 0.15) is 64.0 Å². The average molecular weight is 560 g/mol. The van der Waals surface area contributed by atoms with E-state index in [2.05, 4.69) is 10.6 Å². The molecule has 1 aliphatic heterocycles. The molecule has 1 aliphatic carbocycles. The number of nitrogens with one attached hydrogen (secondary N) is 2. The maximum absolute atomic E-state index is 13.6. The van der Waals surface area contributed by atoms with Crippen LogP contribution in [0.2, 0.25) is 0 Å². The Morgan fingerprint density at radius 3 is 2.02 bits per heavy atom. The van der Waals surface area contributed by atoms with E-state index in [1.165, 1.54) is 0 Å². The highest BCUT2D eigenvalue weighted by Crippen LogP contribution is 2.51. The Balaban J connectivity index is 1.43. The Morgan fingerprint density at radius 1 is 0.950 bits per heavy atom. The van der Waals surface area contributed by atoms with Crippen LogP contribution in [0.3, 0.4) is 0 Å². The quantitative estimate of drug-likeness (QED) is 0.481. The summed E-state index contributed by atoms with van der Waals surface area (Å²) in [5.41, 5.74) is 0.998. The van der Waals surface area contributed by atoms with Crippen molar-refractivity contribution in [1.82, 2.24) is 15.5 Å². The maximum atomic E-state index is 13.6. The summed E-state index contributed by atoms with van der Waals surface area (Å²) < 4.78 is 44.5. The molecule has 2 aromatic rings. The van der Waals surface area contributed by atoms with Gasteiger partial charge in [0.1, 0.15) is 17.6 Å². The summed E-state index contributed by atoms with van der Waals surface area (Å²) in [5.74, 6) is -0.801. The number of rotatable bonds is 7. The number of piperidine rings is 1. The number of hydrogen-bond acceptors (Lipinski definition) is 4. The first-order chi connectivity index (χ1) is 18.8. The fraction of sp³-hybridized carbons (Fsp3) is 0.500. The van der Waals surface area contributed by atoms with Crippen LogP contribution in [0.4, 0.5) is 18.0 Å². The molecule has 0 atom stereocenters. The molecule has 3 amide bonds. The number of amides is 3. The third-order valence-electron chi connectivity index (χ3n) is 7.41. The highest BCUT2D eigenvalue weighted by Gasteiger charge is 2.49. The van der Waals surface area contributed by atoms with Crippen molar-refractivity contribution in [2.24, 2.45) is 0 Å². The number of alkyl halides is 3. The van der Waals surface area contributed by atoms with Gasteiger partial charge in [-0.1, -0.05) is 48.5 Å². The highest BCUT2D eigenvalue weighted by molar-refractivity contribution is 6.00. The Hall–Kier alpha value is -3.56. The fourth-order valence-corrected chi connectivity index (χ4v) is 5.69. The third-order valence-corrected chi connectivity index (χ3v) is 7.41. The van der Waals surface area contributed by atoms with E-state index in [0.717, 1.165) is 11.1 Å². The molecule has 10 heteroatoms. The molecule has 0 spiro atoms. The van der Waals surface area contributed by atoms with Crippen molar-refractivity contribution in [1.29, 1.82) is 0 Å². The van der Waals surface area contributed by atoms with Crippen LogP contribution < -0.4 is 10.6 Å². The Labute approximate surface area is 232 Å². The first-order valence-electron chi connectivity index (χ1n) is 13.6. The number of benzene rings is 2. The highest BCUT2D eigenvalue weighted by atomic mass is 19.4. The van der Waals surface area contributed by atoms with E-state index >= 15 is 0 Å². The minimum absolute atomic E-state index is 0.0823. The van der Waals surface area contributed by atoms with Gasteiger partial charge in [-0.25, -0.2) is 4.79 Å². The summed E-state index contributed by atoms with van der Waals surface area (Å²) in [7, 11) is 0. The summed E-state index contributed by atoms with van der Waals surface area (Å²) >= 11 is 0. The van der Waals surface area contributed by atoms with E-state index in [-0.39, 0.29) is 24.8 Å². The van der Waals surface area contributed by atoms with Gasteiger partial charge in [0.05, 0.1) is 0 Å². The molecule has 0 aromatic heterocycles. The molecule has 1 heterocycles. The predicted octanol–water partition coefficient (Wildman–Crippen LogP) is 5.32. The number of carbonyl (C=O) groups is 3. The molecule has 0 radical (unpaired) electrons. The lowest BCUT2D eigenvalue weighted by atomic mass is 9.73. The van der Waals surface area contributed by atoms with Gasteiger partial charge in [-0.15, -0.1) is 0 Å². The molecule has 40 heavy (non-hydrogen) atoms. The lowest BCUT2D eigenvalue weighted by molar-refractivity contribution is -0.141. The molecular weight excluding hydrogens is 523 g/mol. The van der Waals surface area contributed by atoms with Gasteiger partial charge in [0, 0.05) is 25.6 Å². The normalized spacial score (nSPS) is 16.6. The minimum Gasteiger partial charge on any atom is -0.444 e. The largest absolute Gasteiger partial charge is 0.444 e. The van der Waals surface area contributed by atoms with E-state index in [0.29, 0.717) is 43.5 Å². The van der Waals surface area contributed by atoms with E-state index in [1.54, 1.807) is 49.9 Å². The van der Waals surface area contributed by atoms with Gasteiger partial charge in [0.2, 0.25) is 11.8 Å². The van der Waals surface area contributed by atoms with Crippen LogP contribution in [0, 0.1) is 0 Å². The zero-order valence-electron chi connectivity index (χ0n) is 23.1. The van der Waals surface area contributed by atoms with Gasteiger partial charge in [-0.05, 0) is 68.7 Å². The van der Waals surface area contributed by atoms with Gasteiger partial charge in [-0.3, -0.25) is 9.59 Å². The number of hydrogen-bond donors (Lipinski definition) is 2. The van der Waals surface area contributed by atoms with Crippen molar-refractivity contribution in [3.8, 4) is 11.1 Å². The number of carbonyl (C=O) groups excluding carboxylic acids is 3. The van der Waals surface area contributed by atoms with Gasteiger partial charge in [0.15, 0.2) is 0 Å². The minimum atomic E-state index is -4.55.